The quantitative estimate of drug-likeness (QED) is 0.186. The SMILES string of the molecule is O=P([O-])([O-])C(O)P(=O)([O-])OCl.O=P([O-])([O-])C(O)P(=O)([O-])OCl.[Pb+2].[Pb+2].[Pb+2]. The molecule has 0 bridgehead atoms. The van der Waals surface area contributed by atoms with Gasteiger partial charge >= 0.3 is 81.9 Å². The Morgan fingerprint density at radius 1 is 0.640 bits per heavy atom. The van der Waals surface area contributed by atoms with Crippen LogP contribution in [0, 0.1) is 0 Å². The van der Waals surface area contributed by atoms with Gasteiger partial charge < -0.3 is 57.8 Å². The van der Waals surface area contributed by atoms with Crippen molar-refractivity contribution in [3.05, 3.63) is 0 Å². The van der Waals surface area contributed by atoms with Gasteiger partial charge in [-0.15, -0.1) is 0 Å². The summed E-state index contributed by atoms with van der Waals surface area (Å²) in [6, 6.07) is 0. The molecule has 0 aliphatic rings. The number of halogens is 2. The first-order chi connectivity index (χ1) is 9.43. The third kappa shape index (κ3) is 16.3. The molecular weight excluding hydrogens is 1060 g/mol. The standard InChI is InChI=1S/2CH5ClO7P2.3Pb/c2*2-9-11(7,8)1(3)10(4,5)6;;;/h2*1,3H,(H,7,8)(H2,4,5,6);;;/q;;3*+2/p-6. The zero-order chi connectivity index (χ0) is 18.6. The first-order valence-electron chi connectivity index (χ1n) is 4.05. The molecule has 0 spiro atoms. The van der Waals surface area contributed by atoms with Gasteiger partial charge in [0.25, 0.3) is 0 Å². The molecule has 142 valence electrons. The van der Waals surface area contributed by atoms with Crippen LogP contribution in [0.4, 0.5) is 0 Å². The van der Waals surface area contributed by atoms with Gasteiger partial charge in [-0.3, -0.25) is 0 Å². The molecule has 4 atom stereocenters. The van der Waals surface area contributed by atoms with E-state index in [2.05, 4.69) is 31.9 Å². The Morgan fingerprint density at radius 3 is 0.840 bits per heavy atom. The second-order valence-corrected chi connectivity index (χ2v) is 11.2. The van der Waals surface area contributed by atoms with E-state index in [-0.39, 0.29) is 81.9 Å². The summed E-state index contributed by atoms with van der Waals surface area (Å²) < 4.78 is 46.2. The van der Waals surface area contributed by atoms with Crippen LogP contribution < -0.4 is 29.4 Å². The third-order valence-corrected chi connectivity index (χ3v) is 8.52. The molecule has 0 aromatic heterocycles. The normalized spacial score (nSPS) is 18.3. The van der Waals surface area contributed by atoms with Crippen LogP contribution in [0.25, 0.3) is 0 Å². The van der Waals surface area contributed by atoms with Crippen LogP contribution in [0.15, 0.2) is 0 Å². The summed E-state index contributed by atoms with van der Waals surface area (Å²) in [5.41, 5.74) is -6.26. The van der Waals surface area contributed by atoms with E-state index in [1.165, 1.54) is 0 Å². The summed E-state index contributed by atoms with van der Waals surface area (Å²) >= 11 is 8.52. The fourth-order valence-corrected chi connectivity index (χ4v) is 4.40. The van der Waals surface area contributed by atoms with Gasteiger partial charge in [0.1, 0.15) is 11.2 Å². The fourth-order valence-electron chi connectivity index (χ4n) is 0.418. The number of hydrogen-bond donors (Lipinski definition) is 2. The summed E-state index contributed by atoms with van der Waals surface area (Å²) in [5, 5.41) is 16.5. The average Bonchev–Trinajstić information content (AvgIpc) is 2.35. The maximum absolute atomic E-state index is 10.2. The minimum Gasteiger partial charge on any atom is -0.809 e. The third-order valence-electron chi connectivity index (χ3n) is 1.32. The molecule has 6 radical (unpaired) electrons. The van der Waals surface area contributed by atoms with Gasteiger partial charge in [-0.05, 0) is 15.2 Å². The molecule has 23 heteroatoms. The molecule has 0 fully saturated rings. The minimum absolute atomic E-state index is 0. The van der Waals surface area contributed by atoms with Crippen molar-refractivity contribution < 1.29 is 66.0 Å². The van der Waals surface area contributed by atoms with Crippen LogP contribution >= 0.6 is 54.1 Å². The maximum Gasteiger partial charge on any atom is 2.00 e. The van der Waals surface area contributed by atoms with Crippen molar-refractivity contribution in [3.8, 4) is 0 Å². The van der Waals surface area contributed by atoms with E-state index in [9.17, 15) is 47.6 Å². The second-order valence-electron chi connectivity index (χ2n) is 2.99. The molecule has 0 aromatic carbocycles. The van der Waals surface area contributed by atoms with E-state index in [1.807, 2.05) is 0 Å². The van der Waals surface area contributed by atoms with E-state index in [0.29, 0.717) is 0 Å². The van der Waals surface area contributed by atoms with Crippen LogP contribution in [0.1, 0.15) is 0 Å². The summed E-state index contributed by atoms with van der Waals surface area (Å²) in [6.07, 6.45) is 0. The Morgan fingerprint density at radius 2 is 0.800 bits per heavy atom. The molecule has 4 unspecified atom stereocenters. The van der Waals surface area contributed by atoms with Crippen LogP contribution in [0.2, 0.25) is 0 Å². The van der Waals surface area contributed by atoms with Crippen LogP contribution in [0.3, 0.4) is 0 Å². The first kappa shape index (κ1) is 39.4. The van der Waals surface area contributed by atoms with Gasteiger partial charge in [0.15, 0.2) is 15.2 Å². The van der Waals surface area contributed by atoms with Gasteiger partial charge in [0.05, 0.1) is 23.7 Å². The topological polar surface area (TPSA) is 266 Å². The molecule has 0 amide bonds. The summed E-state index contributed by atoms with van der Waals surface area (Å²) in [4.78, 5) is 59.8. The predicted octanol–water partition coefficient (Wildman–Crippen LogP) is -5.34. The average molecular weight is 1070 g/mol. The molecule has 0 saturated carbocycles. The van der Waals surface area contributed by atoms with Gasteiger partial charge in [0.2, 0.25) is 0 Å². The van der Waals surface area contributed by atoms with E-state index >= 15 is 0 Å². The van der Waals surface area contributed by atoms with Crippen molar-refractivity contribution >= 4 is 136 Å². The Bertz CT molecular complexity index is 498. The monoisotopic (exact) mass is 1070 g/mol. The summed E-state index contributed by atoms with van der Waals surface area (Å²) in [6.45, 7) is 0. The molecule has 0 aromatic rings. The van der Waals surface area contributed by atoms with Crippen molar-refractivity contribution in [1.29, 1.82) is 0 Å². The van der Waals surface area contributed by atoms with Gasteiger partial charge in [-0.25, -0.2) is 8.15 Å². The van der Waals surface area contributed by atoms with Gasteiger partial charge in [-0.1, -0.05) is 0 Å². The Balaban J connectivity index is -0.0000000952. The number of aliphatic hydroxyl groups is 2. The Labute approximate surface area is 210 Å². The summed E-state index contributed by atoms with van der Waals surface area (Å²) in [5.74, 6) is 0. The largest absolute Gasteiger partial charge is 2.00 e. The molecule has 14 nitrogen and oxygen atoms in total. The van der Waals surface area contributed by atoms with Crippen molar-refractivity contribution in [2.75, 3.05) is 0 Å². The van der Waals surface area contributed by atoms with Gasteiger partial charge in [0, 0.05) is 0 Å². The van der Waals surface area contributed by atoms with Crippen molar-refractivity contribution in [1.82, 2.24) is 0 Å². The van der Waals surface area contributed by atoms with E-state index in [1.54, 1.807) is 0 Å². The summed E-state index contributed by atoms with van der Waals surface area (Å²) in [7, 11) is -21.7. The van der Waals surface area contributed by atoms with Crippen molar-refractivity contribution in [3.63, 3.8) is 0 Å². The molecular formula is C2H4Cl2O14P4Pb3. The van der Waals surface area contributed by atoms with Gasteiger partial charge in [-0.2, -0.15) is 0 Å². The second kappa shape index (κ2) is 15.6. The maximum atomic E-state index is 10.2. The molecule has 0 aliphatic carbocycles. The Hall–Kier alpha value is 3.87. The van der Waals surface area contributed by atoms with E-state index < -0.39 is 41.6 Å². The Kier molecular flexibility index (Phi) is 24.6. The number of aliphatic hydroxyl groups excluding tert-OH is 2. The molecule has 25 heavy (non-hydrogen) atoms. The molecule has 0 saturated heterocycles. The predicted molar refractivity (Wildman–Crippen MR) is 73.6 cm³/mol. The van der Waals surface area contributed by atoms with Crippen LogP contribution in [0.5, 0.6) is 0 Å². The number of rotatable bonds is 6. The van der Waals surface area contributed by atoms with Crippen LogP contribution in [-0.2, 0) is 26.4 Å². The van der Waals surface area contributed by atoms with Crippen molar-refractivity contribution in [2.24, 2.45) is 0 Å². The minimum atomic E-state index is -5.62. The smallest absolute Gasteiger partial charge is 0.809 e. The number of hydrogen-bond acceptors (Lipinski definition) is 14. The molecule has 0 rings (SSSR count). The van der Waals surface area contributed by atoms with E-state index in [0.717, 1.165) is 0 Å². The molecule has 2 N–H and O–H groups in total. The molecule has 0 heterocycles. The van der Waals surface area contributed by atoms with Crippen LogP contribution in [-0.4, -0.2) is 103 Å². The zero-order valence-electron chi connectivity index (χ0n) is 11.0. The van der Waals surface area contributed by atoms with Crippen molar-refractivity contribution in [2.45, 2.75) is 11.2 Å². The fraction of sp³-hybridized carbons (Fsp3) is 1.00. The van der Waals surface area contributed by atoms with E-state index in [4.69, 9.17) is 10.2 Å². The molecule has 0 aliphatic heterocycles. The zero-order valence-corrected chi connectivity index (χ0v) is 27.7. The first-order valence-corrected chi connectivity index (χ1v) is 11.1.